The Morgan fingerprint density at radius 1 is 1.40 bits per heavy atom. The Kier molecular flexibility index (Phi) is 4.88. The van der Waals surface area contributed by atoms with Gasteiger partial charge in [0, 0.05) is 31.5 Å². The first kappa shape index (κ1) is 17.0. The van der Waals surface area contributed by atoms with E-state index in [1.165, 1.54) is 30.7 Å². The van der Waals surface area contributed by atoms with Crippen LogP contribution in [0, 0.1) is 0 Å². The highest BCUT2D eigenvalue weighted by atomic mass is 32.2. The van der Waals surface area contributed by atoms with Crippen LogP contribution in [-0.4, -0.2) is 36.1 Å². The minimum Gasteiger partial charge on any atom is -0.352 e. The molecule has 1 aromatic heterocycles. The van der Waals surface area contributed by atoms with Gasteiger partial charge in [-0.15, -0.1) is 0 Å². The summed E-state index contributed by atoms with van der Waals surface area (Å²) in [5, 5.41) is 0. The molecule has 0 saturated carbocycles. The molecule has 0 atom stereocenters. The van der Waals surface area contributed by atoms with Crippen LogP contribution in [-0.2, 0) is 23.6 Å². The summed E-state index contributed by atoms with van der Waals surface area (Å²) in [5.74, 6) is 0. The fourth-order valence-electron chi connectivity index (χ4n) is 1.78. The van der Waals surface area contributed by atoms with Crippen molar-refractivity contribution in [1.29, 1.82) is 0 Å². The van der Waals surface area contributed by atoms with E-state index in [9.17, 15) is 21.6 Å². The predicted octanol–water partition coefficient (Wildman–Crippen LogP) is 1.45. The third kappa shape index (κ3) is 3.74. The summed E-state index contributed by atoms with van der Waals surface area (Å²) in [4.78, 5) is -0.182. The molecule has 0 unspecified atom stereocenters. The molecule has 1 aromatic rings. The van der Waals surface area contributed by atoms with Crippen LogP contribution in [0.1, 0.15) is 19.5 Å². The largest absolute Gasteiger partial charge is 0.402 e. The van der Waals surface area contributed by atoms with E-state index in [2.05, 4.69) is 0 Å². The maximum atomic E-state index is 12.5. The van der Waals surface area contributed by atoms with E-state index in [1.807, 2.05) is 0 Å². The smallest absolute Gasteiger partial charge is 0.352 e. The maximum Gasteiger partial charge on any atom is 0.402 e. The summed E-state index contributed by atoms with van der Waals surface area (Å²) in [6.45, 7) is 1.39. The lowest BCUT2D eigenvalue weighted by Crippen LogP contribution is -2.43. The Balaban J connectivity index is 3.22. The summed E-state index contributed by atoms with van der Waals surface area (Å²) in [6.07, 6.45) is -3.33. The van der Waals surface area contributed by atoms with E-state index in [-0.39, 0.29) is 11.4 Å². The van der Waals surface area contributed by atoms with Crippen molar-refractivity contribution in [3.05, 3.63) is 18.0 Å². The second-order valence-electron chi connectivity index (χ2n) is 4.74. The minimum atomic E-state index is -4.59. The van der Waals surface area contributed by atoms with E-state index >= 15 is 0 Å². The van der Waals surface area contributed by atoms with E-state index in [0.717, 1.165) is 0 Å². The fraction of sp³-hybridized carbons (Fsp3) is 0.636. The Morgan fingerprint density at radius 3 is 2.30 bits per heavy atom. The number of aryl methyl sites for hydroxylation is 1. The summed E-state index contributed by atoms with van der Waals surface area (Å²) in [7, 11) is -2.62. The highest BCUT2D eigenvalue weighted by Gasteiger charge is 2.38. The number of rotatable bonds is 5. The van der Waals surface area contributed by atoms with Gasteiger partial charge in [-0.1, -0.05) is 0 Å². The molecule has 1 heterocycles. The van der Waals surface area contributed by atoms with Crippen LogP contribution in [0.2, 0.25) is 0 Å². The van der Waals surface area contributed by atoms with Crippen LogP contribution in [0.5, 0.6) is 0 Å². The second kappa shape index (κ2) is 5.74. The van der Waals surface area contributed by atoms with Crippen molar-refractivity contribution < 1.29 is 21.6 Å². The normalized spacial score (nSPS) is 13.4. The molecular weight excluding hydrogens is 295 g/mol. The van der Waals surface area contributed by atoms with Gasteiger partial charge in [-0.05, 0) is 19.9 Å². The predicted molar refractivity (Wildman–Crippen MR) is 68.4 cm³/mol. The van der Waals surface area contributed by atoms with Gasteiger partial charge in [-0.2, -0.15) is 17.5 Å². The van der Waals surface area contributed by atoms with Crippen molar-refractivity contribution in [3.8, 4) is 0 Å². The number of alkyl halides is 3. The maximum absolute atomic E-state index is 12.5. The molecule has 0 aliphatic heterocycles. The number of nitrogens with two attached hydrogens (primary N) is 1. The average Bonchev–Trinajstić information content (AvgIpc) is 2.66. The van der Waals surface area contributed by atoms with Crippen molar-refractivity contribution in [2.75, 3.05) is 6.54 Å². The van der Waals surface area contributed by atoms with E-state index in [4.69, 9.17) is 5.73 Å². The molecule has 0 bridgehead atoms. The van der Waals surface area contributed by atoms with Gasteiger partial charge in [0.15, 0.2) is 0 Å². The Labute approximate surface area is 116 Å². The van der Waals surface area contributed by atoms with Crippen molar-refractivity contribution in [2.24, 2.45) is 12.8 Å². The molecule has 2 N–H and O–H groups in total. The van der Waals surface area contributed by atoms with E-state index in [0.29, 0.717) is 10.00 Å². The second-order valence-corrected chi connectivity index (χ2v) is 6.63. The molecule has 0 fully saturated rings. The quantitative estimate of drug-likeness (QED) is 0.894. The zero-order valence-corrected chi connectivity index (χ0v) is 12.3. The summed E-state index contributed by atoms with van der Waals surface area (Å²) >= 11 is 0. The summed E-state index contributed by atoms with van der Waals surface area (Å²) < 4.78 is 64.1. The number of aromatic nitrogens is 1. The first-order valence-corrected chi connectivity index (χ1v) is 7.37. The Hall–Kier alpha value is -1.06. The lowest BCUT2D eigenvalue weighted by atomic mass is 10.4. The highest BCUT2D eigenvalue weighted by molar-refractivity contribution is 7.89. The minimum absolute atomic E-state index is 0.104. The molecule has 0 radical (unpaired) electrons. The molecule has 1 rings (SSSR count). The molecular formula is C11H18F3N3O2S. The summed E-state index contributed by atoms with van der Waals surface area (Å²) in [6, 6.07) is 0.490. The highest BCUT2D eigenvalue weighted by Crippen LogP contribution is 2.25. The van der Waals surface area contributed by atoms with Gasteiger partial charge in [0.2, 0.25) is 10.0 Å². The van der Waals surface area contributed by atoms with Crippen molar-refractivity contribution in [2.45, 2.75) is 37.5 Å². The van der Waals surface area contributed by atoms with Gasteiger partial charge in [-0.3, -0.25) is 0 Å². The summed E-state index contributed by atoms with van der Waals surface area (Å²) in [5.41, 5.74) is 5.96. The monoisotopic (exact) mass is 313 g/mol. The fourth-order valence-corrected chi connectivity index (χ4v) is 3.50. The first-order chi connectivity index (χ1) is 8.99. The first-order valence-electron chi connectivity index (χ1n) is 5.93. The van der Waals surface area contributed by atoms with Crippen LogP contribution in [0.15, 0.2) is 17.2 Å². The molecule has 116 valence electrons. The lowest BCUT2D eigenvalue weighted by Gasteiger charge is -2.26. The zero-order valence-electron chi connectivity index (χ0n) is 11.5. The van der Waals surface area contributed by atoms with E-state index in [1.54, 1.807) is 7.05 Å². The van der Waals surface area contributed by atoms with Gasteiger partial charge in [0.25, 0.3) is 0 Å². The van der Waals surface area contributed by atoms with Gasteiger partial charge < -0.3 is 10.3 Å². The van der Waals surface area contributed by atoms with Crippen LogP contribution in [0.3, 0.4) is 0 Å². The molecule has 5 nitrogen and oxygen atoms in total. The van der Waals surface area contributed by atoms with Gasteiger partial charge >= 0.3 is 6.18 Å². The van der Waals surface area contributed by atoms with Crippen LogP contribution in [0.4, 0.5) is 13.2 Å². The topological polar surface area (TPSA) is 68.3 Å². The molecule has 0 saturated heterocycles. The number of nitrogens with zero attached hydrogens (tertiary/aromatic N) is 2. The Bertz CT molecular complexity index is 564. The van der Waals surface area contributed by atoms with Gasteiger partial charge in [0.05, 0.1) is 0 Å². The van der Waals surface area contributed by atoms with E-state index < -0.39 is 28.8 Å². The number of halogens is 3. The number of hydrogen-bond acceptors (Lipinski definition) is 3. The zero-order chi connectivity index (χ0) is 15.7. The molecule has 0 aliphatic rings. The van der Waals surface area contributed by atoms with Crippen molar-refractivity contribution >= 4 is 10.0 Å². The molecule has 0 amide bonds. The molecule has 0 aliphatic carbocycles. The third-order valence-electron chi connectivity index (χ3n) is 2.81. The Morgan fingerprint density at radius 2 is 1.95 bits per heavy atom. The molecule has 20 heavy (non-hydrogen) atoms. The van der Waals surface area contributed by atoms with Crippen LogP contribution in [0.25, 0.3) is 0 Å². The molecule has 0 aromatic carbocycles. The van der Waals surface area contributed by atoms with Crippen LogP contribution >= 0.6 is 0 Å². The van der Waals surface area contributed by atoms with Gasteiger partial charge in [-0.25, -0.2) is 8.42 Å². The van der Waals surface area contributed by atoms with Crippen LogP contribution < -0.4 is 5.73 Å². The van der Waals surface area contributed by atoms with Crippen molar-refractivity contribution in [3.63, 3.8) is 0 Å². The lowest BCUT2D eigenvalue weighted by molar-refractivity contribution is -0.138. The van der Waals surface area contributed by atoms with Gasteiger partial charge in [0.1, 0.15) is 11.4 Å². The number of hydrogen-bond donors (Lipinski definition) is 1. The third-order valence-corrected chi connectivity index (χ3v) is 4.80. The van der Waals surface area contributed by atoms with Crippen molar-refractivity contribution in [1.82, 2.24) is 8.87 Å². The average molecular weight is 313 g/mol. The number of sulfonamides is 1. The SMILES string of the molecule is CC(C)N(CC(F)(F)F)S(=O)(=O)c1cc(CN)n(C)c1. The molecule has 0 spiro atoms. The molecule has 9 heteroatoms. The standard InChI is InChI=1S/C11H18F3N3O2S/c1-8(2)17(7-11(12,13)14)20(18,19)10-4-9(5-15)16(3)6-10/h4,6,8H,5,7,15H2,1-3H3.